The summed E-state index contributed by atoms with van der Waals surface area (Å²) in [5, 5.41) is 10.1. The number of carbonyl (C=O) groups excluding carboxylic acids is 1. The molecular weight excluding hydrogens is 338 g/mol. The van der Waals surface area contributed by atoms with Crippen molar-refractivity contribution in [1.82, 2.24) is 15.5 Å². The van der Waals surface area contributed by atoms with E-state index in [1.54, 1.807) is 4.90 Å². The highest BCUT2D eigenvalue weighted by Gasteiger charge is 2.41. The summed E-state index contributed by atoms with van der Waals surface area (Å²) in [6, 6.07) is 10.2. The standard InChI is InChI=1S/C21H35N5O/c1-4-22-20(24-16-10-15-23-18-11-6-5-7-12-18)25-17-21(13-8-9-14-21)19(27)26(2)3/h5-7,11-12,23H,4,8-10,13-17H2,1-3H3,(H2,22,24,25). The lowest BCUT2D eigenvalue weighted by Gasteiger charge is -2.29. The number of aliphatic imine (C=N–C) groups is 1. The molecule has 1 aliphatic rings. The van der Waals surface area contributed by atoms with E-state index in [9.17, 15) is 4.79 Å². The van der Waals surface area contributed by atoms with Gasteiger partial charge in [0, 0.05) is 39.4 Å². The Bertz CT molecular complexity index is 594. The van der Waals surface area contributed by atoms with Gasteiger partial charge in [0.25, 0.3) is 0 Å². The number of nitrogens with one attached hydrogen (secondary N) is 3. The summed E-state index contributed by atoms with van der Waals surface area (Å²) in [5.41, 5.74) is 0.823. The van der Waals surface area contributed by atoms with Crippen molar-refractivity contribution in [2.75, 3.05) is 45.6 Å². The summed E-state index contributed by atoms with van der Waals surface area (Å²) in [7, 11) is 3.69. The maximum Gasteiger partial charge on any atom is 0.230 e. The van der Waals surface area contributed by atoms with E-state index in [0.29, 0.717) is 6.54 Å². The second-order valence-electron chi connectivity index (χ2n) is 7.46. The molecule has 6 nitrogen and oxygen atoms in total. The zero-order chi connectivity index (χ0) is 19.5. The zero-order valence-electron chi connectivity index (χ0n) is 17.1. The average Bonchev–Trinajstić information content (AvgIpc) is 3.16. The molecule has 1 amide bonds. The Labute approximate surface area is 163 Å². The van der Waals surface area contributed by atoms with E-state index in [1.807, 2.05) is 32.3 Å². The first kappa shape index (κ1) is 21.1. The minimum Gasteiger partial charge on any atom is -0.385 e. The van der Waals surface area contributed by atoms with Crippen LogP contribution < -0.4 is 16.0 Å². The maximum atomic E-state index is 12.7. The maximum absolute atomic E-state index is 12.7. The fraction of sp³-hybridized carbons (Fsp3) is 0.619. The predicted octanol–water partition coefficient (Wildman–Crippen LogP) is 2.69. The molecule has 27 heavy (non-hydrogen) atoms. The molecule has 0 unspecified atom stereocenters. The quantitative estimate of drug-likeness (QED) is 0.354. The molecular formula is C21H35N5O. The number of rotatable bonds is 9. The number of anilines is 1. The lowest BCUT2D eigenvalue weighted by atomic mass is 9.85. The summed E-state index contributed by atoms with van der Waals surface area (Å²) in [6.45, 7) is 5.16. The number of benzene rings is 1. The van der Waals surface area contributed by atoms with E-state index in [-0.39, 0.29) is 11.3 Å². The van der Waals surface area contributed by atoms with Crippen molar-refractivity contribution >= 4 is 17.6 Å². The highest BCUT2D eigenvalue weighted by Crippen LogP contribution is 2.39. The van der Waals surface area contributed by atoms with Crippen molar-refractivity contribution in [3.05, 3.63) is 30.3 Å². The van der Waals surface area contributed by atoms with Gasteiger partial charge in [-0.05, 0) is 38.3 Å². The van der Waals surface area contributed by atoms with Crippen LogP contribution in [0.2, 0.25) is 0 Å². The molecule has 2 rings (SSSR count). The van der Waals surface area contributed by atoms with Gasteiger partial charge < -0.3 is 20.9 Å². The van der Waals surface area contributed by atoms with Crippen LogP contribution in [0.1, 0.15) is 39.0 Å². The first-order valence-electron chi connectivity index (χ1n) is 10.1. The van der Waals surface area contributed by atoms with E-state index >= 15 is 0 Å². The van der Waals surface area contributed by atoms with Crippen LogP contribution in [0.25, 0.3) is 0 Å². The van der Waals surface area contributed by atoms with E-state index in [4.69, 9.17) is 4.99 Å². The molecule has 0 spiro atoms. The van der Waals surface area contributed by atoms with Gasteiger partial charge in [0.1, 0.15) is 0 Å². The first-order valence-corrected chi connectivity index (χ1v) is 10.1. The van der Waals surface area contributed by atoms with Crippen molar-refractivity contribution in [3.8, 4) is 0 Å². The van der Waals surface area contributed by atoms with Crippen molar-refractivity contribution in [2.24, 2.45) is 10.4 Å². The highest BCUT2D eigenvalue weighted by molar-refractivity contribution is 5.84. The first-order chi connectivity index (χ1) is 13.1. The van der Waals surface area contributed by atoms with Gasteiger partial charge in [-0.15, -0.1) is 0 Å². The van der Waals surface area contributed by atoms with Gasteiger partial charge in [0.2, 0.25) is 5.91 Å². The van der Waals surface area contributed by atoms with Gasteiger partial charge >= 0.3 is 0 Å². The number of hydrogen-bond donors (Lipinski definition) is 3. The topological polar surface area (TPSA) is 68.8 Å². The molecule has 0 heterocycles. The fourth-order valence-corrected chi connectivity index (χ4v) is 3.62. The molecule has 150 valence electrons. The summed E-state index contributed by atoms with van der Waals surface area (Å²) in [5.74, 6) is 1.02. The third-order valence-electron chi connectivity index (χ3n) is 5.05. The minimum atomic E-state index is -0.319. The summed E-state index contributed by atoms with van der Waals surface area (Å²) in [6.07, 6.45) is 5.09. The molecule has 3 N–H and O–H groups in total. The van der Waals surface area contributed by atoms with E-state index < -0.39 is 0 Å². The van der Waals surface area contributed by atoms with Crippen molar-refractivity contribution in [1.29, 1.82) is 0 Å². The molecule has 0 atom stereocenters. The van der Waals surface area contributed by atoms with E-state index in [1.165, 1.54) is 0 Å². The molecule has 1 aromatic rings. The highest BCUT2D eigenvalue weighted by atomic mass is 16.2. The normalized spacial score (nSPS) is 16.0. The molecule has 1 fully saturated rings. The van der Waals surface area contributed by atoms with E-state index in [2.05, 4.69) is 35.0 Å². The molecule has 0 bridgehead atoms. The third-order valence-corrected chi connectivity index (χ3v) is 5.05. The van der Waals surface area contributed by atoms with Crippen LogP contribution in [-0.2, 0) is 4.79 Å². The predicted molar refractivity (Wildman–Crippen MR) is 113 cm³/mol. The fourth-order valence-electron chi connectivity index (χ4n) is 3.62. The van der Waals surface area contributed by atoms with Gasteiger partial charge in [-0.3, -0.25) is 9.79 Å². The Morgan fingerprint density at radius 3 is 2.44 bits per heavy atom. The van der Waals surface area contributed by atoms with Crippen LogP contribution in [0, 0.1) is 5.41 Å². The summed E-state index contributed by atoms with van der Waals surface area (Å²) in [4.78, 5) is 19.2. The number of hydrogen-bond acceptors (Lipinski definition) is 3. The van der Waals surface area contributed by atoms with Gasteiger partial charge in [-0.2, -0.15) is 0 Å². The van der Waals surface area contributed by atoms with Crippen molar-refractivity contribution in [2.45, 2.75) is 39.0 Å². The van der Waals surface area contributed by atoms with Gasteiger partial charge in [0.05, 0.1) is 12.0 Å². The number of carbonyl (C=O) groups is 1. The lowest BCUT2D eigenvalue weighted by molar-refractivity contribution is -0.138. The molecule has 1 aromatic carbocycles. The molecule has 1 saturated carbocycles. The Balaban J connectivity index is 1.83. The van der Waals surface area contributed by atoms with Gasteiger partial charge in [-0.1, -0.05) is 31.0 Å². The monoisotopic (exact) mass is 373 g/mol. The Kier molecular flexibility index (Phi) is 8.43. The number of para-hydroxylation sites is 1. The van der Waals surface area contributed by atoms with Crippen LogP contribution in [-0.4, -0.2) is 57.0 Å². The number of guanidine groups is 1. The Morgan fingerprint density at radius 2 is 1.81 bits per heavy atom. The molecule has 1 aliphatic carbocycles. The Hall–Kier alpha value is -2.24. The molecule has 6 heteroatoms. The lowest BCUT2D eigenvalue weighted by Crippen LogP contribution is -2.43. The molecule has 0 saturated heterocycles. The van der Waals surface area contributed by atoms with Crippen LogP contribution in [0.4, 0.5) is 5.69 Å². The second-order valence-corrected chi connectivity index (χ2v) is 7.46. The SMILES string of the molecule is CCNC(=NCC1(C(=O)N(C)C)CCCC1)NCCCNc1ccccc1. The van der Waals surface area contributed by atoms with Crippen LogP contribution in [0.5, 0.6) is 0 Å². The molecule has 0 aliphatic heterocycles. The Morgan fingerprint density at radius 1 is 1.11 bits per heavy atom. The minimum absolute atomic E-state index is 0.214. The number of nitrogens with zero attached hydrogens (tertiary/aromatic N) is 2. The van der Waals surface area contributed by atoms with Crippen molar-refractivity contribution in [3.63, 3.8) is 0 Å². The van der Waals surface area contributed by atoms with E-state index in [0.717, 1.165) is 63.4 Å². The molecule has 0 aromatic heterocycles. The smallest absolute Gasteiger partial charge is 0.230 e. The third kappa shape index (κ3) is 6.45. The van der Waals surface area contributed by atoms with Crippen molar-refractivity contribution < 1.29 is 4.79 Å². The van der Waals surface area contributed by atoms with Crippen LogP contribution in [0.3, 0.4) is 0 Å². The second kappa shape index (κ2) is 10.8. The van der Waals surface area contributed by atoms with Gasteiger partial charge in [0.15, 0.2) is 5.96 Å². The average molecular weight is 374 g/mol. The summed E-state index contributed by atoms with van der Waals surface area (Å²) < 4.78 is 0. The zero-order valence-corrected chi connectivity index (χ0v) is 17.1. The molecule has 0 radical (unpaired) electrons. The summed E-state index contributed by atoms with van der Waals surface area (Å²) >= 11 is 0. The largest absolute Gasteiger partial charge is 0.385 e. The van der Waals surface area contributed by atoms with Crippen LogP contribution >= 0.6 is 0 Å². The van der Waals surface area contributed by atoms with Gasteiger partial charge in [-0.25, -0.2) is 0 Å². The van der Waals surface area contributed by atoms with Crippen LogP contribution in [0.15, 0.2) is 35.3 Å². The number of amides is 1.